The summed E-state index contributed by atoms with van der Waals surface area (Å²) in [6, 6.07) is 6.10. The van der Waals surface area contributed by atoms with Crippen molar-refractivity contribution in [3.8, 4) is 0 Å². The normalized spacial score (nSPS) is 19.2. The minimum absolute atomic E-state index is 0.0831. The first-order valence-corrected chi connectivity index (χ1v) is 4.51. The lowest BCUT2D eigenvalue weighted by Crippen LogP contribution is -2.21. The molecule has 1 fully saturated rings. The van der Waals surface area contributed by atoms with Crippen molar-refractivity contribution in [3.05, 3.63) is 36.3 Å². The van der Waals surface area contributed by atoms with Gasteiger partial charge in [0.05, 0.1) is 5.54 Å². The molecule has 2 N–H and O–H groups in total. The van der Waals surface area contributed by atoms with Crippen LogP contribution in [-0.4, -0.2) is 9.38 Å². The number of fused-ring (bicyclic) bond motifs is 1. The fraction of sp³-hybridized carbons (Fsp3) is 0.300. The number of nitrogens with two attached hydrogens (primary N) is 1. The van der Waals surface area contributed by atoms with Gasteiger partial charge in [0.2, 0.25) is 0 Å². The summed E-state index contributed by atoms with van der Waals surface area (Å²) in [5, 5.41) is 0. The van der Waals surface area contributed by atoms with E-state index in [9.17, 15) is 0 Å². The van der Waals surface area contributed by atoms with Crippen LogP contribution in [0, 0.1) is 0 Å². The van der Waals surface area contributed by atoms with Crippen molar-refractivity contribution in [2.75, 3.05) is 0 Å². The van der Waals surface area contributed by atoms with Gasteiger partial charge in [-0.05, 0) is 25.0 Å². The lowest BCUT2D eigenvalue weighted by molar-refractivity contribution is 0.694. The molecule has 0 aliphatic heterocycles. The summed E-state index contributed by atoms with van der Waals surface area (Å²) in [5.74, 6) is 0. The molecule has 3 nitrogen and oxygen atoms in total. The Bertz CT molecular complexity index is 454. The van der Waals surface area contributed by atoms with E-state index < -0.39 is 0 Å². The minimum atomic E-state index is -0.0831. The van der Waals surface area contributed by atoms with E-state index >= 15 is 0 Å². The molecular formula is C10H11N3. The zero-order chi connectivity index (χ0) is 8.89. The van der Waals surface area contributed by atoms with E-state index in [1.807, 2.05) is 24.5 Å². The lowest BCUT2D eigenvalue weighted by Gasteiger charge is -2.11. The first-order chi connectivity index (χ1) is 6.30. The summed E-state index contributed by atoms with van der Waals surface area (Å²) in [5.41, 5.74) is 8.23. The highest BCUT2D eigenvalue weighted by atomic mass is 15.0. The molecule has 0 aromatic carbocycles. The second-order valence-corrected chi connectivity index (χ2v) is 3.72. The number of pyridine rings is 1. The first kappa shape index (κ1) is 7.09. The van der Waals surface area contributed by atoms with E-state index in [4.69, 9.17) is 5.73 Å². The Labute approximate surface area is 76.2 Å². The molecule has 0 atom stereocenters. The van der Waals surface area contributed by atoms with Gasteiger partial charge in [-0.3, -0.25) is 0 Å². The van der Waals surface area contributed by atoms with Crippen LogP contribution in [0.3, 0.4) is 0 Å². The predicted molar refractivity (Wildman–Crippen MR) is 50.3 cm³/mol. The fourth-order valence-electron chi connectivity index (χ4n) is 1.74. The van der Waals surface area contributed by atoms with Gasteiger partial charge in [-0.2, -0.15) is 0 Å². The van der Waals surface area contributed by atoms with Gasteiger partial charge < -0.3 is 10.1 Å². The van der Waals surface area contributed by atoms with Gasteiger partial charge in [0.25, 0.3) is 0 Å². The van der Waals surface area contributed by atoms with Gasteiger partial charge in [0.1, 0.15) is 5.65 Å². The standard InChI is InChI=1S/C10H11N3/c11-10(4-5-10)8-2-1-3-9-12-6-7-13(8)9/h1-3,6-7H,4-5,11H2. The van der Waals surface area contributed by atoms with Gasteiger partial charge in [-0.25, -0.2) is 4.98 Å². The molecule has 0 amide bonds. The maximum atomic E-state index is 6.14. The second-order valence-electron chi connectivity index (χ2n) is 3.72. The molecule has 13 heavy (non-hydrogen) atoms. The van der Waals surface area contributed by atoms with Crippen LogP contribution in [0.25, 0.3) is 5.65 Å². The Morgan fingerprint density at radius 3 is 3.00 bits per heavy atom. The smallest absolute Gasteiger partial charge is 0.136 e. The molecule has 0 saturated heterocycles. The molecule has 3 rings (SSSR count). The maximum absolute atomic E-state index is 6.14. The van der Waals surface area contributed by atoms with Gasteiger partial charge in [0, 0.05) is 18.1 Å². The molecule has 1 saturated carbocycles. The molecule has 66 valence electrons. The van der Waals surface area contributed by atoms with Gasteiger partial charge in [-0.15, -0.1) is 0 Å². The number of hydrogen-bond donors (Lipinski definition) is 1. The summed E-state index contributed by atoms with van der Waals surface area (Å²) in [4.78, 5) is 4.23. The summed E-state index contributed by atoms with van der Waals surface area (Å²) in [6.45, 7) is 0. The Balaban J connectivity index is 2.33. The van der Waals surface area contributed by atoms with Crippen LogP contribution in [0.5, 0.6) is 0 Å². The van der Waals surface area contributed by atoms with Crippen molar-refractivity contribution in [2.45, 2.75) is 18.4 Å². The highest BCUT2D eigenvalue weighted by molar-refractivity contribution is 5.42. The number of imidazole rings is 1. The molecule has 0 bridgehead atoms. The molecule has 2 aromatic rings. The van der Waals surface area contributed by atoms with E-state index in [-0.39, 0.29) is 5.54 Å². The molecule has 1 aliphatic carbocycles. The van der Waals surface area contributed by atoms with E-state index in [0.29, 0.717) is 0 Å². The Hall–Kier alpha value is -1.35. The zero-order valence-electron chi connectivity index (χ0n) is 7.27. The van der Waals surface area contributed by atoms with Crippen LogP contribution >= 0.6 is 0 Å². The summed E-state index contributed by atoms with van der Waals surface area (Å²) in [7, 11) is 0. The number of aromatic nitrogens is 2. The molecule has 0 spiro atoms. The van der Waals surface area contributed by atoms with Crippen molar-refractivity contribution < 1.29 is 0 Å². The molecule has 0 unspecified atom stereocenters. The van der Waals surface area contributed by atoms with E-state index in [1.165, 1.54) is 5.69 Å². The molecule has 0 radical (unpaired) electrons. The largest absolute Gasteiger partial charge is 0.320 e. The van der Waals surface area contributed by atoms with E-state index in [1.54, 1.807) is 0 Å². The van der Waals surface area contributed by atoms with Crippen molar-refractivity contribution >= 4 is 5.65 Å². The van der Waals surface area contributed by atoms with Gasteiger partial charge in [0.15, 0.2) is 0 Å². The third kappa shape index (κ3) is 0.906. The van der Waals surface area contributed by atoms with Crippen LogP contribution in [-0.2, 0) is 5.54 Å². The third-order valence-electron chi connectivity index (χ3n) is 2.73. The molecule has 1 aliphatic rings. The number of rotatable bonds is 1. The van der Waals surface area contributed by atoms with E-state index in [2.05, 4.69) is 15.5 Å². The molecule has 2 aromatic heterocycles. The van der Waals surface area contributed by atoms with Crippen LogP contribution in [0.4, 0.5) is 0 Å². The molecule has 2 heterocycles. The maximum Gasteiger partial charge on any atom is 0.136 e. The van der Waals surface area contributed by atoms with E-state index in [0.717, 1.165) is 18.5 Å². The summed E-state index contributed by atoms with van der Waals surface area (Å²) >= 11 is 0. The predicted octanol–water partition coefficient (Wildman–Crippen LogP) is 1.28. The highest BCUT2D eigenvalue weighted by Crippen LogP contribution is 2.42. The van der Waals surface area contributed by atoms with Crippen LogP contribution in [0.1, 0.15) is 18.5 Å². The SMILES string of the molecule is NC1(c2cccc3nccn23)CC1. The number of nitrogens with zero attached hydrogens (tertiary/aromatic N) is 2. The first-order valence-electron chi connectivity index (χ1n) is 4.51. The minimum Gasteiger partial charge on any atom is -0.320 e. The van der Waals surface area contributed by atoms with Gasteiger partial charge in [-0.1, -0.05) is 6.07 Å². The Morgan fingerprint density at radius 1 is 1.38 bits per heavy atom. The fourth-order valence-corrected chi connectivity index (χ4v) is 1.74. The van der Waals surface area contributed by atoms with Crippen LogP contribution in [0.15, 0.2) is 30.6 Å². The van der Waals surface area contributed by atoms with Gasteiger partial charge >= 0.3 is 0 Å². The average molecular weight is 173 g/mol. The van der Waals surface area contributed by atoms with Crippen molar-refractivity contribution in [1.82, 2.24) is 9.38 Å². The van der Waals surface area contributed by atoms with Crippen molar-refractivity contribution in [3.63, 3.8) is 0 Å². The topological polar surface area (TPSA) is 43.3 Å². The Morgan fingerprint density at radius 2 is 2.23 bits per heavy atom. The molecular weight excluding hydrogens is 162 g/mol. The Kier molecular flexibility index (Phi) is 1.15. The zero-order valence-corrected chi connectivity index (χ0v) is 7.27. The lowest BCUT2D eigenvalue weighted by atomic mass is 10.2. The quantitative estimate of drug-likeness (QED) is 0.706. The van der Waals surface area contributed by atoms with Crippen LogP contribution in [0.2, 0.25) is 0 Å². The molecule has 3 heteroatoms. The number of hydrogen-bond acceptors (Lipinski definition) is 2. The second kappa shape index (κ2) is 2.12. The average Bonchev–Trinajstić information content (AvgIpc) is 2.72. The monoisotopic (exact) mass is 173 g/mol. The van der Waals surface area contributed by atoms with Crippen LogP contribution < -0.4 is 5.73 Å². The highest BCUT2D eigenvalue weighted by Gasteiger charge is 2.41. The van der Waals surface area contributed by atoms with Crippen molar-refractivity contribution in [1.29, 1.82) is 0 Å². The summed E-state index contributed by atoms with van der Waals surface area (Å²) in [6.07, 6.45) is 5.96. The third-order valence-corrected chi connectivity index (χ3v) is 2.73. The van der Waals surface area contributed by atoms with Crippen molar-refractivity contribution in [2.24, 2.45) is 5.73 Å². The summed E-state index contributed by atoms with van der Waals surface area (Å²) < 4.78 is 2.08.